The molecular formula is C20H20ClF3N4O. The number of H-pyrrole nitrogens is 1. The number of hydrogen-bond acceptors (Lipinski definition) is 4. The number of likely N-dealkylation sites (tertiary alicyclic amines) is 1. The summed E-state index contributed by atoms with van der Waals surface area (Å²) in [6.07, 6.45) is 2.85. The minimum Gasteiger partial charge on any atom is -0.382 e. The van der Waals surface area contributed by atoms with Crippen molar-refractivity contribution >= 4 is 22.5 Å². The van der Waals surface area contributed by atoms with Crippen LogP contribution in [0.25, 0.3) is 10.9 Å². The number of piperidine rings is 1. The van der Waals surface area contributed by atoms with Crippen molar-refractivity contribution in [1.82, 2.24) is 20.1 Å². The predicted octanol–water partition coefficient (Wildman–Crippen LogP) is 4.33. The number of aromatic nitrogens is 3. The minimum atomic E-state index is -3.51. The molecule has 1 fully saturated rings. The summed E-state index contributed by atoms with van der Waals surface area (Å²) in [6, 6.07) is 5.07. The lowest BCUT2D eigenvalue weighted by atomic mass is 9.84. The van der Waals surface area contributed by atoms with E-state index in [0.29, 0.717) is 25.0 Å². The Morgan fingerprint density at radius 2 is 2.07 bits per heavy atom. The van der Waals surface area contributed by atoms with Crippen LogP contribution >= 0.6 is 11.6 Å². The molecule has 9 heteroatoms. The number of fused-ring (bicyclic) bond motifs is 1. The van der Waals surface area contributed by atoms with Gasteiger partial charge in [0.25, 0.3) is 5.92 Å². The lowest BCUT2D eigenvalue weighted by molar-refractivity contribution is -0.161. The first-order valence-corrected chi connectivity index (χ1v) is 9.74. The van der Waals surface area contributed by atoms with Crippen molar-refractivity contribution in [3.8, 4) is 0 Å². The van der Waals surface area contributed by atoms with Crippen molar-refractivity contribution in [3.05, 3.63) is 58.8 Å². The Kier molecular flexibility index (Phi) is 5.50. The lowest BCUT2D eigenvalue weighted by Crippen LogP contribution is -2.43. The highest BCUT2D eigenvalue weighted by Crippen LogP contribution is 2.45. The second-order valence-corrected chi connectivity index (χ2v) is 7.82. The highest BCUT2D eigenvalue weighted by Gasteiger charge is 2.49. The molecule has 154 valence electrons. The molecule has 0 saturated carbocycles. The number of rotatable bonds is 5. The summed E-state index contributed by atoms with van der Waals surface area (Å²) < 4.78 is 44.9. The molecule has 1 unspecified atom stereocenters. The largest absolute Gasteiger partial charge is 0.382 e. The fourth-order valence-corrected chi connectivity index (χ4v) is 4.18. The summed E-state index contributed by atoms with van der Waals surface area (Å²) >= 11 is 5.84. The number of halogens is 4. The predicted molar refractivity (Wildman–Crippen MR) is 103 cm³/mol. The van der Waals surface area contributed by atoms with Crippen molar-refractivity contribution in [2.24, 2.45) is 5.92 Å². The number of benzene rings is 1. The molecule has 1 saturated heterocycles. The van der Waals surface area contributed by atoms with Crippen LogP contribution in [0.5, 0.6) is 0 Å². The van der Waals surface area contributed by atoms with E-state index in [1.54, 1.807) is 12.4 Å². The van der Waals surface area contributed by atoms with E-state index in [2.05, 4.69) is 20.1 Å². The molecule has 5 nitrogen and oxygen atoms in total. The fraction of sp³-hybridized carbons (Fsp3) is 0.400. The summed E-state index contributed by atoms with van der Waals surface area (Å²) in [6.45, 7) is 1.55. The van der Waals surface area contributed by atoms with Gasteiger partial charge in [0.15, 0.2) is 0 Å². The van der Waals surface area contributed by atoms with Gasteiger partial charge in [-0.1, -0.05) is 17.7 Å². The van der Waals surface area contributed by atoms with Crippen molar-refractivity contribution in [3.63, 3.8) is 0 Å². The van der Waals surface area contributed by atoms with E-state index in [9.17, 15) is 9.50 Å². The maximum atomic E-state index is 15.2. The molecule has 1 aliphatic heterocycles. The average molecular weight is 425 g/mol. The van der Waals surface area contributed by atoms with Gasteiger partial charge < -0.3 is 5.11 Å². The zero-order valence-corrected chi connectivity index (χ0v) is 16.2. The Morgan fingerprint density at radius 3 is 2.76 bits per heavy atom. The molecule has 3 aromatic rings. The zero-order chi connectivity index (χ0) is 20.6. The number of aliphatic hydroxyl groups excluding tert-OH is 1. The summed E-state index contributed by atoms with van der Waals surface area (Å²) in [5, 5.41) is 16.8. The Bertz CT molecular complexity index is 990. The molecule has 1 aromatic carbocycles. The first-order chi connectivity index (χ1) is 13.9. The van der Waals surface area contributed by atoms with Crippen LogP contribution in [-0.4, -0.2) is 44.2 Å². The van der Waals surface area contributed by atoms with Gasteiger partial charge in [0.1, 0.15) is 11.9 Å². The summed E-state index contributed by atoms with van der Waals surface area (Å²) in [4.78, 5) is 6.14. The first-order valence-electron chi connectivity index (χ1n) is 9.36. The molecule has 1 atom stereocenters. The van der Waals surface area contributed by atoms with Crippen LogP contribution in [-0.2, 0) is 6.54 Å². The van der Waals surface area contributed by atoms with Gasteiger partial charge in [-0.2, -0.15) is 5.10 Å². The number of aliphatic hydroxyl groups is 1. The maximum Gasteiger partial charge on any atom is 0.280 e. The van der Waals surface area contributed by atoms with E-state index in [1.807, 2.05) is 12.1 Å². The monoisotopic (exact) mass is 424 g/mol. The van der Waals surface area contributed by atoms with E-state index in [1.165, 1.54) is 12.3 Å². The van der Waals surface area contributed by atoms with E-state index < -0.39 is 29.3 Å². The van der Waals surface area contributed by atoms with Crippen LogP contribution in [0.3, 0.4) is 0 Å². The Morgan fingerprint density at radius 1 is 1.31 bits per heavy atom. The molecule has 2 N–H and O–H groups in total. The lowest BCUT2D eigenvalue weighted by Gasteiger charge is -2.37. The van der Waals surface area contributed by atoms with E-state index >= 15 is 8.78 Å². The van der Waals surface area contributed by atoms with Crippen LogP contribution in [0.1, 0.15) is 30.1 Å². The maximum absolute atomic E-state index is 15.2. The quantitative estimate of drug-likeness (QED) is 0.639. The molecule has 0 radical (unpaired) electrons. The second-order valence-electron chi connectivity index (χ2n) is 7.41. The summed E-state index contributed by atoms with van der Waals surface area (Å²) in [7, 11) is 0. The van der Waals surface area contributed by atoms with Gasteiger partial charge in [-0.25, -0.2) is 13.2 Å². The number of pyridine rings is 1. The number of nitrogens with zero attached hydrogens (tertiary/aromatic N) is 3. The molecule has 0 aliphatic carbocycles. The normalized spacial score (nSPS) is 17.7. The van der Waals surface area contributed by atoms with Crippen LogP contribution in [0.15, 0.2) is 36.8 Å². The van der Waals surface area contributed by atoms with Gasteiger partial charge in [0.05, 0.1) is 16.7 Å². The fourth-order valence-electron chi connectivity index (χ4n) is 3.96. The van der Waals surface area contributed by atoms with Gasteiger partial charge in [-0.05, 0) is 43.6 Å². The third kappa shape index (κ3) is 3.84. The zero-order valence-electron chi connectivity index (χ0n) is 15.5. The highest BCUT2D eigenvalue weighted by molar-refractivity contribution is 6.31. The third-order valence-electron chi connectivity index (χ3n) is 5.57. The topological polar surface area (TPSA) is 65.0 Å². The summed E-state index contributed by atoms with van der Waals surface area (Å²) in [5.74, 6) is -5.63. The molecule has 1 aliphatic rings. The van der Waals surface area contributed by atoms with Gasteiger partial charge in [-0.3, -0.25) is 15.0 Å². The number of nitrogens with one attached hydrogen (secondary N) is 1. The molecule has 0 spiro atoms. The van der Waals surface area contributed by atoms with Crippen LogP contribution in [0, 0.1) is 11.7 Å². The average Bonchev–Trinajstić information content (AvgIpc) is 3.17. The summed E-state index contributed by atoms with van der Waals surface area (Å²) in [5.41, 5.74) is 0.515. The van der Waals surface area contributed by atoms with Gasteiger partial charge in [0.2, 0.25) is 0 Å². The number of alkyl halides is 2. The molecule has 3 heterocycles. The van der Waals surface area contributed by atoms with E-state index in [4.69, 9.17) is 11.6 Å². The number of hydrogen-bond donors (Lipinski definition) is 2. The molecule has 2 aromatic heterocycles. The number of aromatic amines is 1. The highest BCUT2D eigenvalue weighted by atomic mass is 35.5. The van der Waals surface area contributed by atoms with Crippen molar-refractivity contribution < 1.29 is 18.3 Å². The van der Waals surface area contributed by atoms with Crippen LogP contribution < -0.4 is 0 Å². The van der Waals surface area contributed by atoms with Crippen molar-refractivity contribution in [2.45, 2.75) is 31.4 Å². The second kappa shape index (κ2) is 7.93. The Balaban J connectivity index is 1.51. The van der Waals surface area contributed by atoms with Gasteiger partial charge >= 0.3 is 0 Å². The third-order valence-corrected chi connectivity index (χ3v) is 5.84. The molecule has 4 rings (SSSR count). The molecule has 0 bridgehead atoms. The van der Waals surface area contributed by atoms with Crippen LogP contribution in [0.4, 0.5) is 13.2 Å². The molecule has 29 heavy (non-hydrogen) atoms. The Hall–Kier alpha value is -2.16. The molecular weight excluding hydrogens is 405 g/mol. The van der Waals surface area contributed by atoms with Gasteiger partial charge in [0, 0.05) is 35.8 Å². The van der Waals surface area contributed by atoms with Gasteiger partial charge in [-0.15, -0.1) is 0 Å². The SMILES string of the molecule is OC(c1c(F)c(Cl)cc2cn[nH]c12)C(F)(F)C1CCN(Cc2cccnc2)CC1. The van der Waals surface area contributed by atoms with E-state index in [-0.39, 0.29) is 23.4 Å². The molecule has 0 amide bonds. The van der Waals surface area contributed by atoms with Crippen LogP contribution in [0.2, 0.25) is 5.02 Å². The minimum absolute atomic E-state index is 0.0353. The first kappa shape index (κ1) is 20.1. The van der Waals surface area contributed by atoms with Crippen molar-refractivity contribution in [1.29, 1.82) is 0 Å². The smallest absolute Gasteiger partial charge is 0.280 e. The standard InChI is InChI=1S/C20H20ClF3N4O/c21-15-8-13-10-26-27-18(13)16(17(15)22)19(29)20(23,24)14-3-6-28(7-4-14)11-12-2-1-5-25-9-12/h1-2,5,8-10,14,19,29H,3-4,6-7,11H2,(H,26,27). The van der Waals surface area contributed by atoms with E-state index in [0.717, 1.165) is 5.56 Å². The van der Waals surface area contributed by atoms with Crippen molar-refractivity contribution in [2.75, 3.05) is 13.1 Å². The Labute approximate surface area is 170 Å².